The van der Waals surface area contributed by atoms with E-state index in [1.54, 1.807) is 0 Å². The van der Waals surface area contributed by atoms with Crippen LogP contribution in [0.15, 0.2) is 18.2 Å². The zero-order valence-corrected chi connectivity index (χ0v) is 9.51. The predicted octanol–water partition coefficient (Wildman–Crippen LogP) is 3.71. The van der Waals surface area contributed by atoms with Gasteiger partial charge in [0.2, 0.25) is 0 Å². The van der Waals surface area contributed by atoms with Gasteiger partial charge in [-0.3, -0.25) is 4.79 Å². The lowest BCUT2D eigenvalue weighted by Crippen LogP contribution is -2.07. The van der Waals surface area contributed by atoms with Gasteiger partial charge < -0.3 is 0 Å². The molecule has 0 N–H and O–H groups in total. The molecule has 1 aromatic carbocycles. The van der Waals surface area contributed by atoms with Crippen LogP contribution in [0.1, 0.15) is 29.6 Å². The fourth-order valence-corrected chi connectivity index (χ4v) is 3.29. The van der Waals surface area contributed by atoms with Crippen molar-refractivity contribution in [3.05, 3.63) is 34.6 Å². The highest BCUT2D eigenvalue weighted by Gasteiger charge is 2.56. The molecule has 0 aromatic heterocycles. The average Bonchev–Trinajstić information content (AvgIpc) is 2.74. The summed E-state index contributed by atoms with van der Waals surface area (Å²) in [6.45, 7) is 0. The molecule has 2 fully saturated rings. The highest BCUT2D eigenvalue weighted by atomic mass is 35.5. The summed E-state index contributed by atoms with van der Waals surface area (Å²) in [5.41, 5.74) is 0.362. The number of benzene rings is 1. The first-order valence-corrected chi connectivity index (χ1v) is 6.05. The molecule has 0 saturated heterocycles. The Balaban J connectivity index is 1.87. The maximum Gasteiger partial charge on any atom is 0.168 e. The van der Waals surface area contributed by atoms with Crippen LogP contribution < -0.4 is 0 Å². The third-order valence-electron chi connectivity index (χ3n) is 3.90. The minimum absolute atomic E-state index is 0.0409. The van der Waals surface area contributed by atoms with Crippen molar-refractivity contribution in [1.82, 2.24) is 0 Å². The highest BCUT2D eigenvalue weighted by molar-refractivity contribution is 6.34. The van der Waals surface area contributed by atoms with E-state index in [1.165, 1.54) is 24.6 Å². The third-order valence-corrected chi connectivity index (χ3v) is 4.23. The van der Waals surface area contributed by atoms with E-state index in [9.17, 15) is 9.18 Å². The summed E-state index contributed by atoms with van der Waals surface area (Å²) in [5, 5.41) is 0.372. The Morgan fingerprint density at radius 2 is 2.00 bits per heavy atom. The Morgan fingerprint density at radius 3 is 2.69 bits per heavy atom. The Kier molecular flexibility index (Phi) is 2.28. The lowest BCUT2D eigenvalue weighted by molar-refractivity contribution is 0.0951. The molecule has 0 bridgehead atoms. The topological polar surface area (TPSA) is 17.1 Å². The Hall–Kier alpha value is -0.890. The van der Waals surface area contributed by atoms with Crippen LogP contribution in [0.25, 0.3) is 0 Å². The van der Waals surface area contributed by atoms with Gasteiger partial charge in [0, 0.05) is 11.5 Å². The lowest BCUT2D eigenvalue weighted by atomic mass is 10.0. The summed E-state index contributed by atoms with van der Waals surface area (Å²) in [7, 11) is 0. The number of carbonyl (C=O) groups excluding carboxylic acids is 1. The van der Waals surface area contributed by atoms with Crippen molar-refractivity contribution in [2.45, 2.75) is 19.3 Å². The van der Waals surface area contributed by atoms with E-state index in [1.807, 2.05) is 0 Å². The van der Waals surface area contributed by atoms with Crippen LogP contribution in [0.2, 0.25) is 5.02 Å². The van der Waals surface area contributed by atoms with Gasteiger partial charge in [-0.25, -0.2) is 4.39 Å². The quantitative estimate of drug-likeness (QED) is 0.718. The first-order valence-electron chi connectivity index (χ1n) is 5.68. The van der Waals surface area contributed by atoms with Crippen molar-refractivity contribution in [2.75, 3.05) is 0 Å². The van der Waals surface area contributed by atoms with Crippen LogP contribution in [-0.4, -0.2) is 5.78 Å². The molecule has 84 valence electrons. The number of hydrogen-bond donors (Lipinski definition) is 0. The fraction of sp³-hybridized carbons (Fsp3) is 0.462. The minimum atomic E-state index is -0.390. The molecule has 1 aromatic rings. The first kappa shape index (κ1) is 10.3. The van der Waals surface area contributed by atoms with Crippen LogP contribution in [0.4, 0.5) is 4.39 Å². The SMILES string of the molecule is O=C(c1cc(F)ccc1Cl)C1C2CCCC21. The van der Waals surface area contributed by atoms with E-state index in [0.717, 1.165) is 12.8 Å². The molecule has 2 aliphatic rings. The van der Waals surface area contributed by atoms with E-state index >= 15 is 0 Å². The van der Waals surface area contributed by atoms with Crippen LogP contribution in [0.5, 0.6) is 0 Å². The van der Waals surface area contributed by atoms with Crippen LogP contribution in [-0.2, 0) is 0 Å². The summed E-state index contributed by atoms with van der Waals surface area (Å²) in [6.07, 6.45) is 3.53. The van der Waals surface area contributed by atoms with Crippen LogP contribution >= 0.6 is 11.6 Å². The fourth-order valence-electron chi connectivity index (χ4n) is 3.08. The van der Waals surface area contributed by atoms with E-state index in [2.05, 4.69) is 0 Å². The van der Waals surface area contributed by atoms with Gasteiger partial charge in [-0.1, -0.05) is 18.0 Å². The monoisotopic (exact) mass is 238 g/mol. The van der Waals surface area contributed by atoms with Crippen molar-refractivity contribution in [2.24, 2.45) is 17.8 Å². The number of halogens is 2. The molecule has 1 nitrogen and oxygen atoms in total. The summed E-state index contributed by atoms with van der Waals surface area (Å²) < 4.78 is 13.1. The van der Waals surface area contributed by atoms with Gasteiger partial charge in [0.1, 0.15) is 5.82 Å². The molecule has 2 atom stereocenters. The van der Waals surface area contributed by atoms with Crippen molar-refractivity contribution in [3.63, 3.8) is 0 Å². The maximum absolute atomic E-state index is 13.1. The normalized spacial score (nSPS) is 31.2. The number of hydrogen-bond acceptors (Lipinski definition) is 1. The molecule has 0 spiro atoms. The van der Waals surface area contributed by atoms with Gasteiger partial charge in [0.25, 0.3) is 0 Å². The summed E-state index contributed by atoms with van der Waals surface area (Å²) in [4.78, 5) is 12.1. The van der Waals surface area contributed by atoms with Crippen molar-refractivity contribution in [1.29, 1.82) is 0 Å². The molecular formula is C13H12ClFO. The summed E-state index contributed by atoms with van der Waals surface area (Å²) in [6, 6.07) is 4.01. The molecule has 3 heteroatoms. The van der Waals surface area contributed by atoms with E-state index < -0.39 is 5.82 Å². The second kappa shape index (κ2) is 3.56. The first-order chi connectivity index (χ1) is 7.68. The summed E-state index contributed by atoms with van der Waals surface area (Å²) >= 11 is 5.93. The van der Waals surface area contributed by atoms with Crippen LogP contribution in [0.3, 0.4) is 0 Å². The molecule has 3 rings (SSSR count). The standard InChI is InChI=1S/C13H12ClFO/c14-11-5-4-7(15)6-10(11)13(16)12-8-2-1-3-9(8)12/h4-6,8-9,12H,1-3H2. The minimum Gasteiger partial charge on any atom is -0.294 e. The van der Waals surface area contributed by atoms with Gasteiger partial charge in [-0.15, -0.1) is 0 Å². The number of ketones is 1. The highest BCUT2D eigenvalue weighted by Crippen LogP contribution is 2.58. The molecule has 2 unspecified atom stereocenters. The molecule has 0 radical (unpaired) electrons. The number of carbonyl (C=O) groups is 1. The zero-order chi connectivity index (χ0) is 11.3. The molecule has 2 aliphatic carbocycles. The number of rotatable bonds is 2. The Bertz CT molecular complexity index is 447. The largest absolute Gasteiger partial charge is 0.294 e. The van der Waals surface area contributed by atoms with Crippen molar-refractivity contribution < 1.29 is 9.18 Å². The molecule has 0 amide bonds. The number of fused-ring (bicyclic) bond motifs is 1. The molecule has 0 heterocycles. The number of Topliss-reactive ketones (excluding diaryl/α,β-unsaturated/α-hetero) is 1. The second-order valence-electron chi connectivity index (χ2n) is 4.77. The van der Waals surface area contributed by atoms with Gasteiger partial charge in [0.05, 0.1) is 5.02 Å². The smallest absolute Gasteiger partial charge is 0.168 e. The van der Waals surface area contributed by atoms with Gasteiger partial charge in [-0.05, 0) is 42.9 Å². The molecule has 0 aliphatic heterocycles. The van der Waals surface area contributed by atoms with Gasteiger partial charge in [0.15, 0.2) is 5.78 Å². The van der Waals surface area contributed by atoms with E-state index in [-0.39, 0.29) is 11.7 Å². The van der Waals surface area contributed by atoms with Gasteiger partial charge >= 0.3 is 0 Å². The lowest BCUT2D eigenvalue weighted by Gasteiger charge is -2.05. The van der Waals surface area contributed by atoms with E-state index in [4.69, 9.17) is 11.6 Å². The van der Waals surface area contributed by atoms with Gasteiger partial charge in [-0.2, -0.15) is 0 Å². The maximum atomic E-state index is 13.1. The predicted molar refractivity (Wildman–Crippen MR) is 60.1 cm³/mol. The second-order valence-corrected chi connectivity index (χ2v) is 5.18. The molecular weight excluding hydrogens is 227 g/mol. The van der Waals surface area contributed by atoms with E-state index in [0.29, 0.717) is 22.4 Å². The van der Waals surface area contributed by atoms with Crippen molar-refractivity contribution >= 4 is 17.4 Å². The Labute approximate surface area is 98.6 Å². The Morgan fingerprint density at radius 1 is 1.31 bits per heavy atom. The van der Waals surface area contributed by atoms with Crippen molar-refractivity contribution in [3.8, 4) is 0 Å². The zero-order valence-electron chi connectivity index (χ0n) is 8.75. The molecule has 16 heavy (non-hydrogen) atoms. The third kappa shape index (κ3) is 1.47. The molecule has 2 saturated carbocycles. The summed E-state index contributed by atoms with van der Waals surface area (Å²) in [5.74, 6) is 0.865. The van der Waals surface area contributed by atoms with Crippen LogP contribution in [0, 0.1) is 23.6 Å². The average molecular weight is 239 g/mol.